The maximum Gasteiger partial charge on any atom is 0.0653 e. The molecule has 1 nitrogen and oxygen atoms in total. The Labute approximate surface area is 99.9 Å². The number of rotatable bonds is 4. The molecule has 1 heteroatoms. The Morgan fingerprint density at radius 2 is 2.12 bits per heavy atom. The van der Waals surface area contributed by atoms with Crippen LogP contribution in [0, 0.1) is 17.3 Å². The molecule has 0 unspecified atom stereocenters. The van der Waals surface area contributed by atoms with E-state index in [2.05, 4.69) is 26.8 Å². The van der Waals surface area contributed by atoms with Gasteiger partial charge in [0.1, 0.15) is 0 Å². The van der Waals surface area contributed by atoms with Crippen LogP contribution in [0.1, 0.15) is 59.8 Å². The second kappa shape index (κ2) is 3.87. The fraction of sp³-hybridized carbons (Fsp3) is 0.867. The van der Waals surface area contributed by atoms with Crippen molar-refractivity contribution in [2.75, 3.05) is 0 Å². The van der Waals surface area contributed by atoms with Crippen molar-refractivity contribution in [2.45, 2.75) is 65.4 Å². The third-order valence-corrected chi connectivity index (χ3v) is 5.10. The minimum Gasteiger partial charge on any atom is -0.390 e. The first-order chi connectivity index (χ1) is 7.38. The summed E-state index contributed by atoms with van der Waals surface area (Å²) in [6.45, 7) is 8.77. The SMILES string of the molecule is CC(C)=CCC[C@@H](C)[C@]12CC[C@](C)(O)[C@@H]1C2. The molecular formula is C15H26O. The summed E-state index contributed by atoms with van der Waals surface area (Å²) in [5.41, 5.74) is 1.58. The number of hydrogen-bond acceptors (Lipinski definition) is 1. The third-order valence-electron chi connectivity index (χ3n) is 5.10. The van der Waals surface area contributed by atoms with E-state index in [-0.39, 0.29) is 5.60 Å². The molecule has 0 aromatic rings. The predicted molar refractivity (Wildman–Crippen MR) is 68.2 cm³/mol. The van der Waals surface area contributed by atoms with Gasteiger partial charge < -0.3 is 5.11 Å². The van der Waals surface area contributed by atoms with Crippen LogP contribution < -0.4 is 0 Å². The summed E-state index contributed by atoms with van der Waals surface area (Å²) in [5, 5.41) is 10.2. The molecule has 2 rings (SSSR count). The van der Waals surface area contributed by atoms with Crippen molar-refractivity contribution in [3.05, 3.63) is 11.6 Å². The van der Waals surface area contributed by atoms with Crippen LogP contribution in [-0.2, 0) is 0 Å². The van der Waals surface area contributed by atoms with Crippen LogP contribution in [0.2, 0.25) is 0 Å². The normalized spacial score (nSPS) is 42.7. The Bertz CT molecular complexity index is 299. The summed E-state index contributed by atoms with van der Waals surface area (Å²) in [5.74, 6) is 1.38. The van der Waals surface area contributed by atoms with E-state index in [1.54, 1.807) is 0 Å². The van der Waals surface area contributed by atoms with Crippen LogP contribution in [-0.4, -0.2) is 10.7 Å². The topological polar surface area (TPSA) is 20.2 Å². The van der Waals surface area contributed by atoms with E-state index in [1.165, 1.54) is 31.3 Å². The van der Waals surface area contributed by atoms with Crippen molar-refractivity contribution in [3.8, 4) is 0 Å². The van der Waals surface area contributed by atoms with E-state index in [9.17, 15) is 5.11 Å². The molecular weight excluding hydrogens is 196 g/mol. The van der Waals surface area contributed by atoms with Gasteiger partial charge in [0.25, 0.3) is 0 Å². The quantitative estimate of drug-likeness (QED) is 0.715. The van der Waals surface area contributed by atoms with E-state index < -0.39 is 0 Å². The number of fused-ring (bicyclic) bond motifs is 1. The molecule has 0 amide bonds. The summed E-state index contributed by atoms with van der Waals surface area (Å²) in [6.07, 6.45) is 8.39. The highest BCUT2D eigenvalue weighted by atomic mass is 16.3. The summed E-state index contributed by atoms with van der Waals surface area (Å²) >= 11 is 0. The van der Waals surface area contributed by atoms with Crippen LogP contribution in [0.3, 0.4) is 0 Å². The Kier molecular flexibility index (Phi) is 2.94. The fourth-order valence-electron chi connectivity index (χ4n) is 3.80. The Morgan fingerprint density at radius 1 is 1.44 bits per heavy atom. The maximum absolute atomic E-state index is 10.2. The van der Waals surface area contributed by atoms with Gasteiger partial charge in [-0.3, -0.25) is 0 Å². The summed E-state index contributed by atoms with van der Waals surface area (Å²) < 4.78 is 0. The third kappa shape index (κ3) is 1.95. The Morgan fingerprint density at radius 3 is 2.56 bits per heavy atom. The summed E-state index contributed by atoms with van der Waals surface area (Å²) in [6, 6.07) is 0. The van der Waals surface area contributed by atoms with Crippen molar-refractivity contribution >= 4 is 0 Å². The number of aliphatic hydroxyl groups is 1. The van der Waals surface area contributed by atoms with Gasteiger partial charge in [-0.15, -0.1) is 0 Å². The summed E-state index contributed by atoms with van der Waals surface area (Å²) in [7, 11) is 0. The average Bonchev–Trinajstić information content (AvgIpc) is 2.85. The van der Waals surface area contributed by atoms with Gasteiger partial charge >= 0.3 is 0 Å². The standard InChI is InChI=1S/C15H26O/c1-11(2)6-5-7-12(3)15-9-8-14(4,16)13(15)10-15/h6,12-13,16H,5,7-10H2,1-4H3/t12-,13+,14+,15-/m1/s1. The lowest BCUT2D eigenvalue weighted by molar-refractivity contribution is 0.0423. The van der Waals surface area contributed by atoms with E-state index in [0.29, 0.717) is 11.3 Å². The van der Waals surface area contributed by atoms with Crippen LogP contribution >= 0.6 is 0 Å². The molecule has 0 heterocycles. The first-order valence-corrected chi connectivity index (χ1v) is 6.74. The van der Waals surface area contributed by atoms with E-state index >= 15 is 0 Å². The molecule has 0 saturated heterocycles. The van der Waals surface area contributed by atoms with Crippen molar-refractivity contribution in [3.63, 3.8) is 0 Å². The van der Waals surface area contributed by atoms with Gasteiger partial charge in [-0.1, -0.05) is 18.6 Å². The van der Waals surface area contributed by atoms with Crippen LogP contribution in [0.25, 0.3) is 0 Å². The van der Waals surface area contributed by atoms with Gasteiger partial charge in [-0.05, 0) is 70.1 Å². The predicted octanol–water partition coefficient (Wildman–Crippen LogP) is 3.92. The van der Waals surface area contributed by atoms with Gasteiger partial charge in [0.2, 0.25) is 0 Å². The summed E-state index contributed by atoms with van der Waals surface area (Å²) in [4.78, 5) is 0. The molecule has 0 aromatic carbocycles. The highest BCUT2D eigenvalue weighted by Crippen LogP contribution is 2.71. The zero-order chi connectivity index (χ0) is 12.0. The minimum atomic E-state index is -0.356. The first kappa shape index (κ1) is 12.2. The fourth-order valence-corrected chi connectivity index (χ4v) is 3.80. The molecule has 0 aromatic heterocycles. The molecule has 1 N–H and O–H groups in total. The second-order valence-corrected chi connectivity index (χ2v) is 6.61. The van der Waals surface area contributed by atoms with Crippen LogP contribution in [0.5, 0.6) is 0 Å². The Balaban J connectivity index is 1.88. The molecule has 0 radical (unpaired) electrons. The Hall–Kier alpha value is -0.300. The highest BCUT2D eigenvalue weighted by molar-refractivity contribution is 5.17. The molecule has 2 saturated carbocycles. The molecule has 0 spiro atoms. The second-order valence-electron chi connectivity index (χ2n) is 6.61. The first-order valence-electron chi connectivity index (χ1n) is 6.74. The lowest BCUT2D eigenvalue weighted by Crippen LogP contribution is -2.23. The monoisotopic (exact) mass is 222 g/mol. The lowest BCUT2D eigenvalue weighted by atomic mass is 9.84. The van der Waals surface area contributed by atoms with E-state index in [1.807, 2.05) is 6.92 Å². The van der Waals surface area contributed by atoms with Crippen molar-refractivity contribution < 1.29 is 5.11 Å². The molecule has 92 valence electrons. The average molecular weight is 222 g/mol. The zero-order valence-corrected chi connectivity index (χ0v) is 11.2. The smallest absolute Gasteiger partial charge is 0.0653 e. The lowest BCUT2D eigenvalue weighted by Gasteiger charge is -2.21. The van der Waals surface area contributed by atoms with Crippen molar-refractivity contribution in [1.29, 1.82) is 0 Å². The molecule has 2 aliphatic carbocycles. The van der Waals surface area contributed by atoms with E-state index in [4.69, 9.17) is 0 Å². The molecule has 16 heavy (non-hydrogen) atoms. The van der Waals surface area contributed by atoms with Gasteiger partial charge in [0, 0.05) is 0 Å². The van der Waals surface area contributed by atoms with Crippen molar-refractivity contribution in [2.24, 2.45) is 17.3 Å². The highest BCUT2D eigenvalue weighted by Gasteiger charge is 2.67. The van der Waals surface area contributed by atoms with Crippen LogP contribution in [0.15, 0.2) is 11.6 Å². The van der Waals surface area contributed by atoms with E-state index in [0.717, 1.165) is 12.3 Å². The van der Waals surface area contributed by atoms with Gasteiger partial charge in [0.15, 0.2) is 0 Å². The number of allylic oxidation sites excluding steroid dienone is 2. The largest absolute Gasteiger partial charge is 0.390 e. The van der Waals surface area contributed by atoms with Gasteiger partial charge in [0.05, 0.1) is 5.60 Å². The molecule has 2 fully saturated rings. The van der Waals surface area contributed by atoms with Gasteiger partial charge in [-0.2, -0.15) is 0 Å². The minimum absolute atomic E-state index is 0.356. The maximum atomic E-state index is 10.2. The zero-order valence-electron chi connectivity index (χ0n) is 11.2. The molecule has 0 bridgehead atoms. The number of hydrogen-bond donors (Lipinski definition) is 1. The van der Waals surface area contributed by atoms with Crippen molar-refractivity contribution in [1.82, 2.24) is 0 Å². The van der Waals surface area contributed by atoms with Crippen LogP contribution in [0.4, 0.5) is 0 Å². The van der Waals surface area contributed by atoms with Gasteiger partial charge in [-0.25, -0.2) is 0 Å². The molecule has 0 aliphatic heterocycles. The molecule has 2 aliphatic rings. The molecule has 4 atom stereocenters.